The Morgan fingerprint density at radius 3 is 2.56 bits per heavy atom. The maximum atomic E-state index is 12.7. The van der Waals surface area contributed by atoms with E-state index in [2.05, 4.69) is 22.4 Å². The number of ether oxygens (including phenoxy) is 1. The second-order valence-corrected chi connectivity index (χ2v) is 7.00. The molecule has 1 amide bonds. The van der Waals surface area contributed by atoms with Crippen molar-refractivity contribution in [1.82, 2.24) is 10.3 Å². The molecule has 0 radical (unpaired) electrons. The lowest BCUT2D eigenvalue weighted by atomic mass is 10.0. The van der Waals surface area contributed by atoms with Crippen molar-refractivity contribution in [2.45, 2.75) is 38.3 Å². The number of carbonyl (C=O) groups excluding carboxylic acids is 1. The summed E-state index contributed by atoms with van der Waals surface area (Å²) in [5, 5.41) is 4.19. The minimum absolute atomic E-state index is 0.0659. The van der Waals surface area contributed by atoms with Crippen LogP contribution in [0.4, 0.5) is 0 Å². The van der Waals surface area contributed by atoms with E-state index in [4.69, 9.17) is 4.74 Å². The Labute approximate surface area is 147 Å². The van der Waals surface area contributed by atoms with Crippen molar-refractivity contribution < 1.29 is 9.53 Å². The van der Waals surface area contributed by atoms with E-state index in [9.17, 15) is 4.79 Å². The lowest BCUT2D eigenvalue weighted by molar-refractivity contribution is 0.0926. The van der Waals surface area contributed by atoms with Crippen LogP contribution in [-0.2, 0) is 5.54 Å². The van der Waals surface area contributed by atoms with Crippen LogP contribution in [-0.4, -0.2) is 17.0 Å². The average Bonchev–Trinajstić information content (AvgIpc) is 3.25. The van der Waals surface area contributed by atoms with Crippen LogP contribution in [0.5, 0.6) is 5.75 Å². The first-order valence-corrected chi connectivity index (χ1v) is 8.73. The molecule has 4 rings (SSSR count). The number of rotatable bonds is 5. The summed E-state index contributed by atoms with van der Waals surface area (Å²) in [7, 11) is 0. The molecule has 1 aliphatic carbocycles. The number of aromatic amines is 1. The fourth-order valence-electron chi connectivity index (χ4n) is 3.23. The third-order valence-corrected chi connectivity index (χ3v) is 4.64. The summed E-state index contributed by atoms with van der Waals surface area (Å²) in [5.41, 5.74) is 2.48. The molecule has 0 saturated heterocycles. The molecule has 25 heavy (non-hydrogen) atoms. The number of hydrogen-bond donors (Lipinski definition) is 2. The first-order valence-electron chi connectivity index (χ1n) is 8.73. The molecule has 0 unspecified atom stereocenters. The molecule has 2 aromatic carbocycles. The highest BCUT2D eigenvalue weighted by molar-refractivity contribution is 5.98. The molecule has 2 N–H and O–H groups in total. The van der Waals surface area contributed by atoms with Gasteiger partial charge in [-0.3, -0.25) is 4.79 Å². The van der Waals surface area contributed by atoms with Crippen LogP contribution >= 0.6 is 0 Å². The lowest BCUT2D eigenvalue weighted by Gasteiger charge is -2.17. The van der Waals surface area contributed by atoms with E-state index in [1.165, 1.54) is 5.56 Å². The molecule has 3 aromatic rings. The van der Waals surface area contributed by atoms with Crippen molar-refractivity contribution in [1.29, 1.82) is 0 Å². The second-order valence-electron chi connectivity index (χ2n) is 7.00. The van der Waals surface area contributed by atoms with E-state index < -0.39 is 0 Å². The smallest absolute Gasteiger partial charge is 0.268 e. The van der Waals surface area contributed by atoms with Gasteiger partial charge < -0.3 is 15.0 Å². The molecule has 1 aromatic heterocycles. The zero-order valence-electron chi connectivity index (χ0n) is 14.5. The number of H-pyrrole nitrogens is 1. The quantitative estimate of drug-likeness (QED) is 0.728. The molecule has 1 aliphatic rings. The molecule has 1 heterocycles. The van der Waals surface area contributed by atoms with Crippen molar-refractivity contribution in [2.24, 2.45) is 0 Å². The Hall–Kier alpha value is -2.75. The molecule has 4 nitrogen and oxygen atoms in total. The van der Waals surface area contributed by atoms with E-state index in [0.717, 1.165) is 29.5 Å². The molecule has 0 atom stereocenters. The van der Waals surface area contributed by atoms with Gasteiger partial charge in [0.25, 0.3) is 5.91 Å². The maximum Gasteiger partial charge on any atom is 0.268 e. The van der Waals surface area contributed by atoms with Crippen LogP contribution in [0.3, 0.4) is 0 Å². The van der Waals surface area contributed by atoms with E-state index in [-0.39, 0.29) is 17.6 Å². The zero-order chi connectivity index (χ0) is 17.4. The van der Waals surface area contributed by atoms with E-state index in [1.807, 2.05) is 56.3 Å². The Kier molecular flexibility index (Phi) is 3.75. The Morgan fingerprint density at radius 2 is 1.88 bits per heavy atom. The van der Waals surface area contributed by atoms with Gasteiger partial charge in [0, 0.05) is 10.9 Å². The van der Waals surface area contributed by atoms with E-state index in [1.54, 1.807) is 0 Å². The average molecular weight is 334 g/mol. The van der Waals surface area contributed by atoms with Crippen LogP contribution in [0.25, 0.3) is 10.9 Å². The first kappa shape index (κ1) is 15.8. The number of nitrogens with one attached hydrogen (secondary N) is 2. The summed E-state index contributed by atoms with van der Waals surface area (Å²) in [6, 6.07) is 17.9. The summed E-state index contributed by atoms with van der Waals surface area (Å²) in [4.78, 5) is 15.9. The largest absolute Gasteiger partial charge is 0.491 e. The van der Waals surface area contributed by atoms with Gasteiger partial charge in [-0.15, -0.1) is 0 Å². The fraction of sp³-hybridized carbons (Fsp3) is 0.286. The van der Waals surface area contributed by atoms with Gasteiger partial charge in [0.2, 0.25) is 0 Å². The normalized spacial score (nSPS) is 15.3. The van der Waals surface area contributed by atoms with Gasteiger partial charge in [0.15, 0.2) is 0 Å². The number of hydrogen-bond acceptors (Lipinski definition) is 2. The number of amides is 1. The fourth-order valence-corrected chi connectivity index (χ4v) is 3.23. The Balaban J connectivity index is 1.56. The summed E-state index contributed by atoms with van der Waals surface area (Å²) in [5.74, 6) is 0.750. The SMILES string of the molecule is CC(C)Oc1ccc2[nH]c(C(=O)NC3(c4ccccc4)CC3)cc2c1. The third-order valence-electron chi connectivity index (χ3n) is 4.64. The number of aromatic nitrogens is 1. The van der Waals surface area contributed by atoms with Crippen LogP contribution in [0, 0.1) is 0 Å². The lowest BCUT2D eigenvalue weighted by Crippen LogP contribution is -2.34. The van der Waals surface area contributed by atoms with Crippen LogP contribution < -0.4 is 10.1 Å². The number of fused-ring (bicyclic) bond motifs is 1. The minimum Gasteiger partial charge on any atom is -0.491 e. The summed E-state index contributed by atoms with van der Waals surface area (Å²) >= 11 is 0. The van der Waals surface area contributed by atoms with Gasteiger partial charge in [0.1, 0.15) is 11.4 Å². The second kappa shape index (κ2) is 5.96. The molecule has 4 heteroatoms. The topological polar surface area (TPSA) is 54.1 Å². The molecular formula is C21H22N2O2. The van der Waals surface area contributed by atoms with E-state index in [0.29, 0.717) is 5.69 Å². The maximum absolute atomic E-state index is 12.7. The monoisotopic (exact) mass is 334 g/mol. The summed E-state index contributed by atoms with van der Waals surface area (Å²) < 4.78 is 5.73. The predicted octanol–water partition coefficient (Wildman–Crippen LogP) is 4.37. The molecular weight excluding hydrogens is 312 g/mol. The van der Waals surface area contributed by atoms with Crippen LogP contribution in [0.2, 0.25) is 0 Å². The highest BCUT2D eigenvalue weighted by Crippen LogP contribution is 2.45. The minimum atomic E-state index is -0.207. The molecule has 0 spiro atoms. The van der Waals surface area contributed by atoms with Crippen molar-refractivity contribution in [3.63, 3.8) is 0 Å². The Bertz CT molecular complexity index is 908. The third kappa shape index (κ3) is 3.12. The predicted molar refractivity (Wildman–Crippen MR) is 98.9 cm³/mol. The first-order chi connectivity index (χ1) is 12.1. The van der Waals surface area contributed by atoms with Gasteiger partial charge >= 0.3 is 0 Å². The molecule has 1 saturated carbocycles. The Morgan fingerprint density at radius 1 is 1.12 bits per heavy atom. The standard InChI is InChI=1S/C21H22N2O2/c1-14(2)25-17-8-9-18-15(12-17)13-19(22-18)20(24)23-21(10-11-21)16-6-4-3-5-7-16/h3-9,12-14,22H,10-11H2,1-2H3,(H,23,24). The zero-order valence-corrected chi connectivity index (χ0v) is 14.5. The van der Waals surface area contributed by atoms with Gasteiger partial charge in [-0.2, -0.15) is 0 Å². The van der Waals surface area contributed by atoms with Crippen molar-refractivity contribution in [3.8, 4) is 5.75 Å². The van der Waals surface area contributed by atoms with Crippen LogP contribution in [0.1, 0.15) is 42.7 Å². The molecule has 0 bridgehead atoms. The molecule has 1 fully saturated rings. The van der Waals surface area contributed by atoms with Crippen molar-refractivity contribution in [3.05, 3.63) is 65.9 Å². The number of carbonyl (C=O) groups is 1. The number of benzene rings is 2. The van der Waals surface area contributed by atoms with Gasteiger partial charge in [0.05, 0.1) is 11.6 Å². The van der Waals surface area contributed by atoms with Crippen LogP contribution in [0.15, 0.2) is 54.6 Å². The van der Waals surface area contributed by atoms with E-state index >= 15 is 0 Å². The van der Waals surface area contributed by atoms with Gasteiger partial charge in [-0.1, -0.05) is 30.3 Å². The highest BCUT2D eigenvalue weighted by atomic mass is 16.5. The van der Waals surface area contributed by atoms with Gasteiger partial charge in [-0.25, -0.2) is 0 Å². The summed E-state index contributed by atoms with van der Waals surface area (Å²) in [6.07, 6.45) is 2.09. The molecule has 0 aliphatic heterocycles. The van der Waals surface area contributed by atoms with Crippen molar-refractivity contribution in [2.75, 3.05) is 0 Å². The van der Waals surface area contributed by atoms with Gasteiger partial charge in [-0.05, 0) is 56.5 Å². The highest BCUT2D eigenvalue weighted by Gasteiger charge is 2.45. The molecule has 128 valence electrons. The van der Waals surface area contributed by atoms with Crippen molar-refractivity contribution >= 4 is 16.8 Å². The summed E-state index contributed by atoms with van der Waals surface area (Å²) in [6.45, 7) is 4.00.